The smallest absolute Gasteiger partial charge is 0.339 e. The van der Waals surface area contributed by atoms with Gasteiger partial charge in [-0.3, -0.25) is 4.72 Å². The first-order valence-corrected chi connectivity index (χ1v) is 8.25. The average Bonchev–Trinajstić information content (AvgIpc) is 2.51. The summed E-state index contributed by atoms with van der Waals surface area (Å²) in [4.78, 5) is 11.1. The SMILES string of the molecule is COc1ccc(S(=O)(=O)Nc2cccc(C)c2C)cc1C(=O)O. The molecule has 0 spiro atoms. The van der Waals surface area contributed by atoms with Crippen molar-refractivity contribution in [1.82, 2.24) is 0 Å². The summed E-state index contributed by atoms with van der Waals surface area (Å²) < 4.78 is 32.4. The molecule has 0 aliphatic heterocycles. The lowest BCUT2D eigenvalue weighted by Gasteiger charge is -2.13. The van der Waals surface area contributed by atoms with Gasteiger partial charge in [0.1, 0.15) is 11.3 Å². The number of methoxy groups -OCH3 is 1. The van der Waals surface area contributed by atoms with Crippen LogP contribution in [-0.4, -0.2) is 26.6 Å². The topological polar surface area (TPSA) is 92.7 Å². The van der Waals surface area contributed by atoms with Gasteiger partial charge in [0.2, 0.25) is 0 Å². The minimum Gasteiger partial charge on any atom is -0.496 e. The van der Waals surface area contributed by atoms with E-state index in [2.05, 4.69) is 4.72 Å². The quantitative estimate of drug-likeness (QED) is 0.876. The fourth-order valence-electron chi connectivity index (χ4n) is 2.09. The Labute approximate surface area is 134 Å². The van der Waals surface area contributed by atoms with E-state index in [-0.39, 0.29) is 16.2 Å². The number of anilines is 1. The lowest BCUT2D eigenvalue weighted by Crippen LogP contribution is -2.15. The van der Waals surface area contributed by atoms with E-state index in [4.69, 9.17) is 9.84 Å². The molecule has 2 N–H and O–H groups in total. The van der Waals surface area contributed by atoms with Crippen LogP contribution in [0.4, 0.5) is 5.69 Å². The van der Waals surface area contributed by atoms with E-state index in [1.807, 2.05) is 19.9 Å². The van der Waals surface area contributed by atoms with Crippen molar-refractivity contribution in [2.24, 2.45) is 0 Å². The third-order valence-electron chi connectivity index (χ3n) is 3.56. The summed E-state index contributed by atoms with van der Waals surface area (Å²) in [5.41, 5.74) is 2.00. The molecule has 2 aromatic rings. The van der Waals surface area contributed by atoms with Crippen molar-refractivity contribution in [3.8, 4) is 5.75 Å². The van der Waals surface area contributed by atoms with E-state index in [1.54, 1.807) is 12.1 Å². The van der Waals surface area contributed by atoms with Crippen LogP contribution in [0.25, 0.3) is 0 Å². The van der Waals surface area contributed by atoms with Crippen LogP contribution in [0.15, 0.2) is 41.3 Å². The maximum atomic E-state index is 12.5. The van der Waals surface area contributed by atoms with Crippen LogP contribution in [0.2, 0.25) is 0 Å². The molecule has 2 aromatic carbocycles. The minimum absolute atomic E-state index is 0.100. The summed E-state index contributed by atoms with van der Waals surface area (Å²) in [5.74, 6) is -1.16. The second-order valence-electron chi connectivity index (χ2n) is 5.02. The second kappa shape index (κ2) is 6.29. The third-order valence-corrected chi connectivity index (χ3v) is 4.92. The monoisotopic (exact) mass is 335 g/mol. The van der Waals surface area contributed by atoms with Gasteiger partial charge >= 0.3 is 5.97 Å². The van der Waals surface area contributed by atoms with Gasteiger partial charge in [0.15, 0.2) is 0 Å². The normalized spacial score (nSPS) is 11.1. The molecule has 0 aliphatic rings. The molecule has 7 heteroatoms. The van der Waals surface area contributed by atoms with E-state index in [0.717, 1.165) is 17.2 Å². The third kappa shape index (κ3) is 3.45. The highest BCUT2D eigenvalue weighted by Gasteiger charge is 2.20. The van der Waals surface area contributed by atoms with Gasteiger partial charge in [-0.25, -0.2) is 13.2 Å². The second-order valence-corrected chi connectivity index (χ2v) is 6.70. The molecule has 0 aromatic heterocycles. The lowest BCUT2D eigenvalue weighted by molar-refractivity contribution is 0.0693. The Hall–Kier alpha value is -2.54. The van der Waals surface area contributed by atoms with Crippen molar-refractivity contribution >= 4 is 21.7 Å². The molecule has 0 unspecified atom stereocenters. The molecule has 0 radical (unpaired) electrons. The van der Waals surface area contributed by atoms with Crippen LogP contribution < -0.4 is 9.46 Å². The van der Waals surface area contributed by atoms with Gasteiger partial charge in [-0.15, -0.1) is 0 Å². The summed E-state index contributed by atoms with van der Waals surface area (Å²) in [6.07, 6.45) is 0. The number of rotatable bonds is 5. The van der Waals surface area contributed by atoms with Crippen LogP contribution in [0, 0.1) is 13.8 Å². The Morgan fingerprint density at radius 1 is 1.17 bits per heavy atom. The fourth-order valence-corrected chi connectivity index (χ4v) is 3.24. The Bertz CT molecular complexity index is 859. The largest absolute Gasteiger partial charge is 0.496 e. The zero-order chi connectivity index (χ0) is 17.2. The van der Waals surface area contributed by atoms with Gasteiger partial charge in [-0.2, -0.15) is 0 Å². The predicted molar refractivity (Wildman–Crippen MR) is 86.7 cm³/mol. The number of benzene rings is 2. The number of nitrogens with one attached hydrogen (secondary N) is 1. The molecule has 0 amide bonds. The Balaban J connectivity index is 2.46. The van der Waals surface area contributed by atoms with Crippen LogP contribution >= 0.6 is 0 Å². The summed E-state index contributed by atoms with van der Waals surface area (Å²) >= 11 is 0. The molecule has 0 atom stereocenters. The van der Waals surface area contributed by atoms with Crippen molar-refractivity contribution in [2.75, 3.05) is 11.8 Å². The molecule has 0 saturated carbocycles. The van der Waals surface area contributed by atoms with Crippen LogP contribution in [0.1, 0.15) is 21.5 Å². The van der Waals surface area contributed by atoms with Crippen molar-refractivity contribution in [3.05, 3.63) is 53.1 Å². The number of carbonyl (C=O) groups is 1. The minimum atomic E-state index is -3.90. The van der Waals surface area contributed by atoms with E-state index < -0.39 is 16.0 Å². The fraction of sp³-hybridized carbons (Fsp3) is 0.188. The van der Waals surface area contributed by atoms with Crippen LogP contribution in [0.3, 0.4) is 0 Å². The molecule has 0 aliphatic carbocycles. The van der Waals surface area contributed by atoms with Crippen LogP contribution in [-0.2, 0) is 10.0 Å². The highest BCUT2D eigenvalue weighted by Crippen LogP contribution is 2.26. The molecule has 2 rings (SSSR count). The molecule has 0 fully saturated rings. The first-order valence-electron chi connectivity index (χ1n) is 6.76. The lowest BCUT2D eigenvalue weighted by atomic mass is 10.1. The zero-order valence-electron chi connectivity index (χ0n) is 13.0. The van der Waals surface area contributed by atoms with Gasteiger partial charge in [-0.05, 0) is 49.2 Å². The zero-order valence-corrected chi connectivity index (χ0v) is 13.8. The molecule has 0 saturated heterocycles. The van der Waals surface area contributed by atoms with Gasteiger partial charge in [0.05, 0.1) is 17.7 Å². The van der Waals surface area contributed by atoms with Gasteiger partial charge in [0, 0.05) is 0 Å². The van der Waals surface area contributed by atoms with E-state index in [9.17, 15) is 13.2 Å². The Morgan fingerprint density at radius 2 is 1.87 bits per heavy atom. The maximum Gasteiger partial charge on any atom is 0.339 e. The van der Waals surface area contributed by atoms with E-state index in [0.29, 0.717) is 5.69 Å². The van der Waals surface area contributed by atoms with Gasteiger partial charge in [0.25, 0.3) is 10.0 Å². The summed E-state index contributed by atoms with van der Waals surface area (Å²) in [6, 6.07) is 8.98. The molecule has 23 heavy (non-hydrogen) atoms. The van der Waals surface area contributed by atoms with Crippen molar-refractivity contribution in [1.29, 1.82) is 0 Å². The summed E-state index contributed by atoms with van der Waals surface area (Å²) in [6.45, 7) is 3.69. The van der Waals surface area contributed by atoms with Crippen LogP contribution in [0.5, 0.6) is 5.75 Å². The molecule has 0 bridgehead atoms. The number of carboxylic acid groups (broad SMARTS) is 1. The number of ether oxygens (including phenoxy) is 1. The van der Waals surface area contributed by atoms with Gasteiger partial charge in [-0.1, -0.05) is 12.1 Å². The average molecular weight is 335 g/mol. The number of carboxylic acids is 1. The highest BCUT2D eigenvalue weighted by molar-refractivity contribution is 7.92. The Morgan fingerprint density at radius 3 is 2.48 bits per heavy atom. The Kier molecular flexibility index (Phi) is 4.60. The first-order chi connectivity index (χ1) is 10.8. The number of sulfonamides is 1. The van der Waals surface area contributed by atoms with Crippen molar-refractivity contribution in [2.45, 2.75) is 18.7 Å². The standard InChI is InChI=1S/C16H17NO5S/c1-10-5-4-6-14(11(10)2)17-23(20,21)12-7-8-15(22-3)13(9-12)16(18)19/h4-9,17H,1-3H3,(H,18,19). The first kappa shape index (κ1) is 16.8. The van der Waals surface area contributed by atoms with Gasteiger partial charge < -0.3 is 9.84 Å². The van der Waals surface area contributed by atoms with Crippen molar-refractivity contribution < 1.29 is 23.1 Å². The maximum absolute atomic E-state index is 12.5. The molecule has 6 nitrogen and oxygen atoms in total. The summed E-state index contributed by atoms with van der Waals surface area (Å²) in [5, 5.41) is 9.16. The number of aryl methyl sites for hydroxylation is 1. The number of hydrogen-bond acceptors (Lipinski definition) is 4. The highest BCUT2D eigenvalue weighted by atomic mass is 32.2. The van der Waals surface area contributed by atoms with Crippen molar-refractivity contribution in [3.63, 3.8) is 0 Å². The number of hydrogen-bond donors (Lipinski definition) is 2. The molecular weight excluding hydrogens is 318 g/mol. The van der Waals surface area contributed by atoms with E-state index >= 15 is 0 Å². The molecule has 0 heterocycles. The molecular formula is C16H17NO5S. The number of aromatic carboxylic acids is 1. The predicted octanol–water partition coefficient (Wildman–Crippen LogP) is 2.81. The summed E-state index contributed by atoms with van der Waals surface area (Å²) in [7, 11) is -2.58. The molecule has 122 valence electrons. The van der Waals surface area contributed by atoms with E-state index in [1.165, 1.54) is 19.2 Å².